The van der Waals surface area contributed by atoms with Gasteiger partial charge in [0.05, 0.1) is 7.11 Å². The van der Waals surface area contributed by atoms with Crippen LogP contribution in [0, 0.1) is 0 Å². The van der Waals surface area contributed by atoms with E-state index < -0.39 is 18.0 Å². The van der Waals surface area contributed by atoms with Crippen LogP contribution >= 0.6 is 0 Å². The Kier molecular flexibility index (Phi) is 6.35. The molecule has 0 saturated carbocycles. The molecule has 6 heteroatoms. The van der Waals surface area contributed by atoms with Crippen LogP contribution in [-0.2, 0) is 9.53 Å². The highest BCUT2D eigenvalue weighted by molar-refractivity contribution is 5.92. The van der Waals surface area contributed by atoms with Crippen molar-refractivity contribution in [3.8, 4) is 5.75 Å². The van der Waals surface area contributed by atoms with Gasteiger partial charge in [-0.25, -0.2) is 9.59 Å². The number of carbonyl (C=O) groups is 2. The first-order valence-electron chi connectivity index (χ1n) is 4.67. The number of hydrogen-bond acceptors (Lipinski definition) is 5. The zero-order chi connectivity index (χ0) is 13.4. The number of methoxy groups -OCH3 is 1. The predicted molar refractivity (Wildman–Crippen MR) is 58.8 cm³/mol. The summed E-state index contributed by atoms with van der Waals surface area (Å²) in [5.74, 6) is -1.77. The largest absolute Gasteiger partial charge is 0.507 e. The van der Waals surface area contributed by atoms with E-state index in [-0.39, 0.29) is 11.3 Å². The van der Waals surface area contributed by atoms with Gasteiger partial charge in [-0.3, -0.25) is 0 Å². The van der Waals surface area contributed by atoms with Crippen molar-refractivity contribution in [2.24, 2.45) is 0 Å². The molecule has 6 nitrogen and oxygen atoms in total. The van der Waals surface area contributed by atoms with Gasteiger partial charge in [-0.15, -0.1) is 0 Å². The Morgan fingerprint density at radius 2 is 1.76 bits per heavy atom. The third kappa shape index (κ3) is 5.53. The first-order chi connectivity index (χ1) is 7.90. The molecule has 1 aromatic rings. The van der Waals surface area contributed by atoms with Gasteiger partial charge in [-0.2, -0.15) is 0 Å². The summed E-state index contributed by atoms with van der Waals surface area (Å²) in [7, 11) is 1.27. The summed E-state index contributed by atoms with van der Waals surface area (Å²) < 4.78 is 4.42. The number of esters is 1. The lowest BCUT2D eigenvalue weighted by atomic mass is 10.2. The van der Waals surface area contributed by atoms with Crippen LogP contribution in [0.2, 0.25) is 0 Å². The lowest BCUT2D eigenvalue weighted by Gasteiger charge is -1.99. The van der Waals surface area contributed by atoms with Crippen LogP contribution in [0.3, 0.4) is 0 Å². The summed E-state index contributed by atoms with van der Waals surface area (Å²) in [6.45, 7) is 1.20. The summed E-state index contributed by atoms with van der Waals surface area (Å²) in [6, 6.07) is 6.24. The number of carboxylic acid groups (broad SMARTS) is 1. The average molecular weight is 242 g/mol. The molecule has 0 heterocycles. The fourth-order valence-electron chi connectivity index (χ4n) is 0.756. The van der Waals surface area contributed by atoms with Crippen LogP contribution in [0.4, 0.5) is 0 Å². The number of aliphatic hydroxyl groups excluding tert-OH is 1. The summed E-state index contributed by atoms with van der Waals surface area (Å²) in [4.78, 5) is 20.3. The molecule has 0 amide bonds. The van der Waals surface area contributed by atoms with E-state index in [9.17, 15) is 9.59 Å². The molecule has 1 atom stereocenters. The van der Waals surface area contributed by atoms with Gasteiger partial charge in [0.2, 0.25) is 0 Å². The number of carboxylic acids is 1. The van der Waals surface area contributed by atoms with E-state index in [0.29, 0.717) is 0 Å². The van der Waals surface area contributed by atoms with Crippen LogP contribution in [0.25, 0.3) is 0 Å². The van der Waals surface area contributed by atoms with E-state index in [0.717, 1.165) is 0 Å². The predicted octanol–water partition coefficient (Wildman–Crippen LogP) is 0.631. The molecule has 0 aliphatic rings. The number of phenolic OH excluding ortho intramolecular Hbond substituents is 1. The quantitative estimate of drug-likeness (QED) is 0.657. The molecule has 17 heavy (non-hydrogen) atoms. The molecule has 94 valence electrons. The summed E-state index contributed by atoms with van der Waals surface area (Å²) in [5, 5.41) is 24.9. The summed E-state index contributed by atoms with van der Waals surface area (Å²) in [5.41, 5.74) is 0.190. The molecule has 0 radical (unpaired) electrons. The highest BCUT2D eigenvalue weighted by Crippen LogP contribution is 2.15. The fraction of sp³-hybridized carbons (Fsp3) is 0.273. The molecule has 3 N–H and O–H groups in total. The Labute approximate surface area is 98.1 Å². The zero-order valence-corrected chi connectivity index (χ0v) is 9.45. The van der Waals surface area contributed by atoms with Crippen molar-refractivity contribution in [3.63, 3.8) is 0 Å². The number of rotatable bonds is 2. The number of hydrogen-bond donors (Lipinski definition) is 3. The van der Waals surface area contributed by atoms with Gasteiger partial charge in [0.15, 0.2) is 0 Å². The topological polar surface area (TPSA) is 104 Å². The number of carbonyl (C=O) groups excluding carboxylic acids is 1. The minimum absolute atomic E-state index is 0.0562. The third-order valence-corrected chi connectivity index (χ3v) is 1.67. The van der Waals surface area contributed by atoms with Crippen molar-refractivity contribution in [2.75, 3.05) is 7.11 Å². The number of benzene rings is 1. The molecule has 0 spiro atoms. The second-order valence-electron chi connectivity index (χ2n) is 3.02. The number of aliphatic hydroxyl groups is 1. The second-order valence-corrected chi connectivity index (χ2v) is 3.02. The Morgan fingerprint density at radius 1 is 1.29 bits per heavy atom. The van der Waals surface area contributed by atoms with Gasteiger partial charge in [-0.05, 0) is 19.1 Å². The molecular weight excluding hydrogens is 228 g/mol. The zero-order valence-electron chi connectivity index (χ0n) is 9.45. The monoisotopic (exact) mass is 242 g/mol. The van der Waals surface area contributed by atoms with E-state index in [1.54, 1.807) is 12.1 Å². The summed E-state index contributed by atoms with van der Waals surface area (Å²) in [6.07, 6.45) is -1.23. The van der Waals surface area contributed by atoms with E-state index in [1.807, 2.05) is 0 Å². The standard InChI is InChI=1S/C8H8O3.C3H6O3/c1-11-8(10)6-4-2-3-5-7(6)9;1-2(4)3(5)6/h2-5,9H,1H3;2,4H,1H3,(H,5,6). The van der Waals surface area contributed by atoms with E-state index in [4.69, 9.17) is 15.3 Å². The first-order valence-corrected chi connectivity index (χ1v) is 4.67. The number of ether oxygens (including phenoxy) is 1. The molecule has 1 rings (SSSR count). The molecule has 0 bridgehead atoms. The van der Waals surface area contributed by atoms with E-state index in [1.165, 1.54) is 26.2 Å². The number of para-hydroxylation sites is 1. The van der Waals surface area contributed by atoms with Gasteiger partial charge < -0.3 is 20.1 Å². The van der Waals surface area contributed by atoms with Crippen molar-refractivity contribution < 1.29 is 29.6 Å². The van der Waals surface area contributed by atoms with Crippen molar-refractivity contribution in [1.29, 1.82) is 0 Å². The van der Waals surface area contributed by atoms with Gasteiger partial charge >= 0.3 is 11.9 Å². The van der Waals surface area contributed by atoms with Gasteiger partial charge in [-0.1, -0.05) is 12.1 Å². The normalized spacial score (nSPS) is 10.8. The Balaban J connectivity index is 0.000000366. The minimum Gasteiger partial charge on any atom is -0.507 e. The number of aliphatic carboxylic acids is 1. The van der Waals surface area contributed by atoms with Gasteiger partial charge in [0.25, 0.3) is 0 Å². The maximum absolute atomic E-state index is 10.9. The Morgan fingerprint density at radius 3 is 2.12 bits per heavy atom. The molecule has 0 aliphatic heterocycles. The molecule has 0 aliphatic carbocycles. The van der Waals surface area contributed by atoms with Gasteiger partial charge in [0.1, 0.15) is 17.4 Å². The van der Waals surface area contributed by atoms with Crippen LogP contribution in [0.1, 0.15) is 17.3 Å². The van der Waals surface area contributed by atoms with Gasteiger partial charge in [0, 0.05) is 0 Å². The highest BCUT2D eigenvalue weighted by Gasteiger charge is 2.08. The smallest absolute Gasteiger partial charge is 0.341 e. The lowest BCUT2D eigenvalue weighted by Crippen LogP contribution is -2.13. The van der Waals surface area contributed by atoms with Crippen molar-refractivity contribution in [2.45, 2.75) is 13.0 Å². The average Bonchev–Trinajstić information content (AvgIpc) is 2.29. The molecular formula is C11H14O6. The van der Waals surface area contributed by atoms with Crippen molar-refractivity contribution in [1.82, 2.24) is 0 Å². The molecule has 1 aromatic carbocycles. The first kappa shape index (κ1) is 14.9. The molecule has 0 fully saturated rings. The molecule has 0 saturated heterocycles. The highest BCUT2D eigenvalue weighted by atomic mass is 16.5. The van der Waals surface area contributed by atoms with Crippen LogP contribution in [0.15, 0.2) is 24.3 Å². The maximum Gasteiger partial charge on any atom is 0.341 e. The Hall–Kier alpha value is -2.08. The van der Waals surface area contributed by atoms with Crippen LogP contribution in [0.5, 0.6) is 5.75 Å². The molecule has 0 aromatic heterocycles. The SMILES string of the molecule is CC(O)C(=O)O.COC(=O)c1ccccc1O. The maximum atomic E-state index is 10.9. The molecule has 1 unspecified atom stereocenters. The Bertz CT molecular complexity index is 385. The fourth-order valence-corrected chi connectivity index (χ4v) is 0.756. The summed E-state index contributed by atoms with van der Waals surface area (Å²) >= 11 is 0. The second kappa shape index (κ2) is 7.24. The van der Waals surface area contributed by atoms with Crippen molar-refractivity contribution in [3.05, 3.63) is 29.8 Å². The van der Waals surface area contributed by atoms with E-state index in [2.05, 4.69) is 4.74 Å². The van der Waals surface area contributed by atoms with E-state index >= 15 is 0 Å². The van der Waals surface area contributed by atoms with Crippen LogP contribution < -0.4 is 0 Å². The minimum atomic E-state index is -1.23. The third-order valence-electron chi connectivity index (χ3n) is 1.67. The van der Waals surface area contributed by atoms with Crippen LogP contribution in [-0.4, -0.2) is 40.5 Å². The lowest BCUT2D eigenvalue weighted by molar-refractivity contribution is -0.145. The van der Waals surface area contributed by atoms with Crippen molar-refractivity contribution >= 4 is 11.9 Å². The number of phenols is 1. The number of aromatic hydroxyl groups is 1.